The van der Waals surface area contributed by atoms with E-state index in [0.29, 0.717) is 6.54 Å². The molecule has 4 nitrogen and oxygen atoms in total. The van der Waals surface area contributed by atoms with Crippen LogP contribution in [0.5, 0.6) is 0 Å². The maximum Gasteiger partial charge on any atom is 0.318 e. The molecule has 0 aliphatic rings. The SMILES string of the molecule is C=CCNC(=O)N(C)C(C)c1cc2ccccc2o1. The Morgan fingerprint density at radius 3 is 2.95 bits per heavy atom. The Kier molecular flexibility index (Phi) is 3.90. The first-order valence-corrected chi connectivity index (χ1v) is 6.23. The van der Waals surface area contributed by atoms with Gasteiger partial charge in [-0.2, -0.15) is 0 Å². The highest BCUT2D eigenvalue weighted by atomic mass is 16.3. The predicted molar refractivity (Wildman–Crippen MR) is 76.0 cm³/mol. The van der Waals surface area contributed by atoms with Gasteiger partial charge in [0.05, 0.1) is 6.04 Å². The summed E-state index contributed by atoms with van der Waals surface area (Å²) in [5.41, 5.74) is 0.837. The molecule has 0 bridgehead atoms. The molecule has 0 aliphatic carbocycles. The molecule has 1 atom stereocenters. The zero-order valence-corrected chi connectivity index (χ0v) is 11.2. The van der Waals surface area contributed by atoms with Gasteiger partial charge in [0.1, 0.15) is 11.3 Å². The number of hydrogen-bond donors (Lipinski definition) is 1. The molecule has 2 aromatic rings. The number of benzene rings is 1. The molecule has 100 valence electrons. The number of nitrogens with one attached hydrogen (secondary N) is 1. The number of furan rings is 1. The predicted octanol–water partition coefficient (Wildman–Crippen LogP) is 3.32. The number of urea groups is 1. The minimum Gasteiger partial charge on any atom is -0.459 e. The average molecular weight is 258 g/mol. The first kappa shape index (κ1) is 13.2. The molecule has 0 saturated heterocycles. The van der Waals surface area contributed by atoms with Gasteiger partial charge in [-0.25, -0.2) is 4.79 Å². The van der Waals surface area contributed by atoms with Crippen molar-refractivity contribution in [3.8, 4) is 0 Å². The molecule has 1 heterocycles. The lowest BCUT2D eigenvalue weighted by molar-refractivity contribution is 0.189. The van der Waals surface area contributed by atoms with Gasteiger partial charge in [0, 0.05) is 19.0 Å². The fourth-order valence-electron chi connectivity index (χ4n) is 1.86. The third-order valence-corrected chi connectivity index (χ3v) is 3.16. The smallest absolute Gasteiger partial charge is 0.318 e. The number of fused-ring (bicyclic) bond motifs is 1. The topological polar surface area (TPSA) is 45.5 Å². The molecule has 1 unspecified atom stereocenters. The van der Waals surface area contributed by atoms with Crippen LogP contribution in [0.1, 0.15) is 18.7 Å². The Morgan fingerprint density at radius 1 is 1.53 bits per heavy atom. The number of carbonyl (C=O) groups excluding carboxylic acids is 1. The largest absolute Gasteiger partial charge is 0.459 e. The van der Waals surface area contributed by atoms with Gasteiger partial charge in [0.25, 0.3) is 0 Å². The third-order valence-electron chi connectivity index (χ3n) is 3.16. The van der Waals surface area contributed by atoms with Crippen molar-refractivity contribution in [2.24, 2.45) is 0 Å². The van der Waals surface area contributed by atoms with E-state index < -0.39 is 0 Å². The van der Waals surface area contributed by atoms with Crippen LogP contribution in [0.3, 0.4) is 0 Å². The van der Waals surface area contributed by atoms with Gasteiger partial charge in [-0.1, -0.05) is 24.3 Å². The Bertz CT molecular complexity index is 556. The average Bonchev–Trinajstić information content (AvgIpc) is 2.86. The van der Waals surface area contributed by atoms with E-state index in [9.17, 15) is 4.79 Å². The van der Waals surface area contributed by atoms with Crippen LogP contribution in [0.15, 0.2) is 47.4 Å². The standard InChI is InChI=1S/C15H18N2O2/c1-4-9-16-15(18)17(3)11(2)14-10-12-7-5-6-8-13(12)19-14/h4-8,10-11H,1,9H2,2-3H3,(H,16,18). The van der Waals surface area contributed by atoms with Gasteiger partial charge in [-0.15, -0.1) is 6.58 Å². The number of rotatable bonds is 4. The lowest BCUT2D eigenvalue weighted by Crippen LogP contribution is -2.38. The van der Waals surface area contributed by atoms with Crippen molar-refractivity contribution in [3.05, 3.63) is 48.7 Å². The minimum atomic E-state index is -0.146. The summed E-state index contributed by atoms with van der Waals surface area (Å²) in [6.45, 7) is 5.96. The van der Waals surface area contributed by atoms with Crippen molar-refractivity contribution in [2.75, 3.05) is 13.6 Å². The van der Waals surface area contributed by atoms with Crippen molar-refractivity contribution in [3.63, 3.8) is 0 Å². The maximum absolute atomic E-state index is 11.9. The van der Waals surface area contributed by atoms with Crippen LogP contribution in [-0.2, 0) is 0 Å². The Hall–Kier alpha value is -2.23. The zero-order valence-electron chi connectivity index (χ0n) is 11.2. The molecule has 19 heavy (non-hydrogen) atoms. The van der Waals surface area contributed by atoms with Crippen molar-refractivity contribution in [1.29, 1.82) is 0 Å². The van der Waals surface area contributed by atoms with Gasteiger partial charge < -0.3 is 14.6 Å². The quantitative estimate of drug-likeness (QED) is 0.855. The number of nitrogens with zero attached hydrogens (tertiary/aromatic N) is 1. The van der Waals surface area contributed by atoms with Crippen LogP contribution >= 0.6 is 0 Å². The van der Waals surface area contributed by atoms with E-state index in [2.05, 4.69) is 11.9 Å². The van der Waals surface area contributed by atoms with Gasteiger partial charge in [-0.05, 0) is 19.1 Å². The summed E-state index contributed by atoms with van der Waals surface area (Å²) in [5, 5.41) is 3.79. The van der Waals surface area contributed by atoms with Crippen molar-refractivity contribution < 1.29 is 9.21 Å². The van der Waals surface area contributed by atoms with E-state index in [-0.39, 0.29) is 12.1 Å². The Morgan fingerprint density at radius 2 is 2.26 bits per heavy atom. The number of carbonyl (C=O) groups is 1. The molecular formula is C15H18N2O2. The molecule has 1 aromatic heterocycles. The fraction of sp³-hybridized carbons (Fsp3) is 0.267. The van der Waals surface area contributed by atoms with E-state index in [1.165, 1.54) is 0 Å². The second-order valence-electron chi connectivity index (χ2n) is 4.45. The molecule has 2 amide bonds. The van der Waals surface area contributed by atoms with E-state index >= 15 is 0 Å². The molecule has 1 aromatic carbocycles. The first-order chi connectivity index (χ1) is 9.13. The molecule has 0 fully saturated rings. The molecule has 4 heteroatoms. The van der Waals surface area contributed by atoms with Crippen molar-refractivity contribution in [1.82, 2.24) is 10.2 Å². The fourth-order valence-corrected chi connectivity index (χ4v) is 1.86. The molecular weight excluding hydrogens is 240 g/mol. The van der Waals surface area contributed by atoms with Crippen LogP contribution in [0.2, 0.25) is 0 Å². The Balaban J connectivity index is 2.16. The molecule has 0 radical (unpaired) electrons. The summed E-state index contributed by atoms with van der Waals surface area (Å²) in [4.78, 5) is 13.5. The van der Waals surface area contributed by atoms with Crippen LogP contribution in [0.25, 0.3) is 11.0 Å². The van der Waals surface area contributed by atoms with Gasteiger partial charge in [0.15, 0.2) is 0 Å². The summed E-state index contributed by atoms with van der Waals surface area (Å²) in [6.07, 6.45) is 1.65. The molecule has 2 rings (SSSR count). The number of hydrogen-bond acceptors (Lipinski definition) is 2. The lowest BCUT2D eigenvalue weighted by Gasteiger charge is -2.23. The molecule has 0 aliphatic heterocycles. The minimum absolute atomic E-state index is 0.128. The van der Waals surface area contributed by atoms with E-state index in [4.69, 9.17) is 4.42 Å². The molecule has 0 saturated carbocycles. The maximum atomic E-state index is 11.9. The second-order valence-corrected chi connectivity index (χ2v) is 4.45. The van der Waals surface area contributed by atoms with Crippen molar-refractivity contribution in [2.45, 2.75) is 13.0 Å². The first-order valence-electron chi connectivity index (χ1n) is 6.23. The summed E-state index contributed by atoms with van der Waals surface area (Å²) < 4.78 is 5.76. The van der Waals surface area contributed by atoms with Gasteiger partial charge in [-0.3, -0.25) is 0 Å². The van der Waals surface area contributed by atoms with Gasteiger partial charge in [0.2, 0.25) is 0 Å². The second kappa shape index (κ2) is 5.61. The Labute approximate surface area is 112 Å². The summed E-state index contributed by atoms with van der Waals surface area (Å²) in [6, 6.07) is 9.51. The van der Waals surface area contributed by atoms with Crippen LogP contribution in [-0.4, -0.2) is 24.5 Å². The van der Waals surface area contributed by atoms with Gasteiger partial charge >= 0.3 is 6.03 Å². The van der Waals surface area contributed by atoms with E-state index in [1.807, 2.05) is 37.3 Å². The van der Waals surface area contributed by atoms with Crippen molar-refractivity contribution >= 4 is 17.0 Å². The third kappa shape index (κ3) is 2.78. The highest BCUT2D eigenvalue weighted by Gasteiger charge is 2.20. The summed E-state index contributed by atoms with van der Waals surface area (Å²) in [5.74, 6) is 0.775. The summed E-state index contributed by atoms with van der Waals surface area (Å²) in [7, 11) is 1.75. The van der Waals surface area contributed by atoms with E-state index in [0.717, 1.165) is 16.7 Å². The highest BCUT2D eigenvalue weighted by molar-refractivity contribution is 5.78. The summed E-state index contributed by atoms with van der Waals surface area (Å²) >= 11 is 0. The monoisotopic (exact) mass is 258 g/mol. The van der Waals surface area contributed by atoms with Crippen LogP contribution in [0, 0.1) is 0 Å². The highest BCUT2D eigenvalue weighted by Crippen LogP contribution is 2.26. The molecule has 0 spiro atoms. The normalized spacial score (nSPS) is 12.1. The van der Waals surface area contributed by atoms with Crippen LogP contribution < -0.4 is 5.32 Å². The zero-order chi connectivity index (χ0) is 13.8. The van der Waals surface area contributed by atoms with E-state index in [1.54, 1.807) is 18.0 Å². The number of amides is 2. The lowest BCUT2D eigenvalue weighted by atomic mass is 10.2. The van der Waals surface area contributed by atoms with Crippen LogP contribution in [0.4, 0.5) is 4.79 Å². The number of para-hydroxylation sites is 1. The molecule has 1 N–H and O–H groups in total.